The van der Waals surface area contributed by atoms with Gasteiger partial charge in [0.2, 0.25) is 5.91 Å². The van der Waals surface area contributed by atoms with Gasteiger partial charge in [-0.3, -0.25) is 14.8 Å². The Kier molecular flexibility index (Phi) is 5.59. The molecule has 2 N–H and O–H groups in total. The van der Waals surface area contributed by atoms with Gasteiger partial charge < -0.3 is 5.32 Å². The van der Waals surface area contributed by atoms with Crippen molar-refractivity contribution in [1.29, 1.82) is 0 Å². The summed E-state index contributed by atoms with van der Waals surface area (Å²) in [6.07, 6.45) is 2.89. The number of aromatic amines is 1. The molecule has 2 aromatic rings. The maximum absolute atomic E-state index is 12.1. The van der Waals surface area contributed by atoms with E-state index in [2.05, 4.69) is 37.5 Å². The molecule has 6 heteroatoms. The fraction of sp³-hybridized carbons (Fsp3) is 0.500. The van der Waals surface area contributed by atoms with Crippen LogP contribution in [0.5, 0.6) is 0 Å². The molecule has 2 heterocycles. The minimum Gasteiger partial charge on any atom is -0.355 e. The molecule has 1 aromatic heterocycles. The highest BCUT2D eigenvalue weighted by molar-refractivity contribution is 5.78. The average Bonchev–Trinajstić information content (AvgIpc) is 3.03. The van der Waals surface area contributed by atoms with Crippen LogP contribution in [0.25, 0.3) is 0 Å². The van der Waals surface area contributed by atoms with Gasteiger partial charge in [0.1, 0.15) is 5.82 Å². The molecule has 1 aromatic carbocycles. The highest BCUT2D eigenvalue weighted by Gasteiger charge is 2.24. The van der Waals surface area contributed by atoms with Gasteiger partial charge in [0.05, 0.1) is 6.54 Å². The minimum absolute atomic E-state index is 0.109. The summed E-state index contributed by atoms with van der Waals surface area (Å²) in [4.78, 5) is 18.7. The third kappa shape index (κ3) is 4.64. The lowest BCUT2D eigenvalue weighted by atomic mass is 9.96. The van der Waals surface area contributed by atoms with Gasteiger partial charge in [0.25, 0.3) is 0 Å². The smallest absolute Gasteiger partial charge is 0.234 e. The molecule has 128 valence electrons. The number of amides is 1. The summed E-state index contributed by atoms with van der Waals surface area (Å²) in [6.45, 7) is 4.93. The first-order valence-corrected chi connectivity index (χ1v) is 8.62. The Bertz CT molecular complexity index is 646. The maximum Gasteiger partial charge on any atom is 0.234 e. The zero-order chi connectivity index (χ0) is 16.8. The summed E-state index contributed by atoms with van der Waals surface area (Å²) in [7, 11) is 0. The second-order valence-electron chi connectivity index (χ2n) is 6.41. The van der Waals surface area contributed by atoms with E-state index in [4.69, 9.17) is 0 Å². The summed E-state index contributed by atoms with van der Waals surface area (Å²) in [5.41, 5.74) is 1.25. The highest BCUT2D eigenvalue weighted by Crippen LogP contribution is 2.25. The number of hydrogen-bond donors (Lipinski definition) is 2. The molecule has 1 saturated heterocycles. The summed E-state index contributed by atoms with van der Waals surface area (Å²) < 4.78 is 0. The maximum atomic E-state index is 12.1. The number of rotatable bonds is 6. The van der Waals surface area contributed by atoms with E-state index in [1.165, 1.54) is 5.56 Å². The fourth-order valence-corrected chi connectivity index (χ4v) is 3.14. The lowest BCUT2D eigenvalue weighted by Crippen LogP contribution is -2.41. The van der Waals surface area contributed by atoms with Crippen LogP contribution in [-0.2, 0) is 11.2 Å². The van der Waals surface area contributed by atoms with Crippen LogP contribution in [0.4, 0.5) is 0 Å². The average molecular weight is 327 g/mol. The number of H-pyrrole nitrogens is 1. The molecule has 0 unspecified atom stereocenters. The quantitative estimate of drug-likeness (QED) is 0.846. The van der Waals surface area contributed by atoms with Crippen molar-refractivity contribution in [3.63, 3.8) is 0 Å². The third-order valence-corrected chi connectivity index (χ3v) is 4.51. The van der Waals surface area contributed by atoms with Crippen molar-refractivity contribution < 1.29 is 4.79 Å². The summed E-state index contributed by atoms with van der Waals surface area (Å²) in [5, 5.41) is 10.2. The monoisotopic (exact) mass is 327 g/mol. The molecule has 1 aliphatic rings. The minimum atomic E-state index is 0.109. The van der Waals surface area contributed by atoms with Crippen LogP contribution in [0.2, 0.25) is 0 Å². The highest BCUT2D eigenvalue weighted by atomic mass is 16.2. The Morgan fingerprint density at radius 2 is 2.04 bits per heavy atom. The van der Waals surface area contributed by atoms with Crippen LogP contribution in [0.3, 0.4) is 0 Å². The Morgan fingerprint density at radius 1 is 1.29 bits per heavy atom. The molecular formula is C18H25N5O. The summed E-state index contributed by atoms with van der Waals surface area (Å²) in [6, 6.07) is 10.2. The van der Waals surface area contributed by atoms with E-state index in [1.807, 2.05) is 25.1 Å². The lowest BCUT2D eigenvalue weighted by molar-refractivity contribution is -0.122. The number of nitrogens with one attached hydrogen (secondary N) is 2. The molecule has 0 saturated carbocycles. The van der Waals surface area contributed by atoms with Gasteiger partial charge in [0.15, 0.2) is 5.82 Å². The number of likely N-dealkylation sites (tertiary alicyclic amines) is 1. The Balaban J connectivity index is 1.35. The van der Waals surface area contributed by atoms with E-state index >= 15 is 0 Å². The Labute approximate surface area is 142 Å². The van der Waals surface area contributed by atoms with E-state index in [9.17, 15) is 4.79 Å². The topological polar surface area (TPSA) is 73.9 Å². The normalized spacial score (nSPS) is 16.2. The number of hydrogen-bond acceptors (Lipinski definition) is 4. The standard InChI is InChI=1S/C18H25N5O/c1-14-20-18(22-21-14)16-8-11-23(12-9-16)13-17(24)19-10-7-15-5-3-2-4-6-15/h2-6,16H,7-13H2,1H3,(H,19,24)(H,20,21,22). The van der Waals surface area contributed by atoms with E-state index in [0.29, 0.717) is 19.0 Å². The number of nitrogens with zero attached hydrogens (tertiary/aromatic N) is 3. The van der Waals surface area contributed by atoms with Crippen LogP contribution >= 0.6 is 0 Å². The van der Waals surface area contributed by atoms with Gasteiger partial charge in [-0.2, -0.15) is 5.10 Å². The molecular weight excluding hydrogens is 302 g/mol. The largest absolute Gasteiger partial charge is 0.355 e. The number of piperidine rings is 1. The second-order valence-corrected chi connectivity index (χ2v) is 6.41. The van der Waals surface area contributed by atoms with E-state index in [0.717, 1.165) is 44.0 Å². The number of aryl methyl sites for hydroxylation is 1. The molecule has 0 atom stereocenters. The number of aromatic nitrogens is 3. The zero-order valence-electron chi connectivity index (χ0n) is 14.2. The predicted molar refractivity (Wildman–Crippen MR) is 92.7 cm³/mol. The van der Waals surface area contributed by atoms with Gasteiger partial charge >= 0.3 is 0 Å². The van der Waals surface area contributed by atoms with Crippen molar-refractivity contribution in [2.24, 2.45) is 0 Å². The first-order valence-electron chi connectivity index (χ1n) is 8.62. The van der Waals surface area contributed by atoms with E-state index in [1.54, 1.807) is 0 Å². The first kappa shape index (κ1) is 16.6. The van der Waals surface area contributed by atoms with Crippen molar-refractivity contribution >= 4 is 5.91 Å². The molecule has 6 nitrogen and oxygen atoms in total. The van der Waals surface area contributed by atoms with Gasteiger partial charge in [-0.15, -0.1) is 0 Å². The van der Waals surface area contributed by atoms with Gasteiger partial charge in [-0.1, -0.05) is 30.3 Å². The third-order valence-electron chi connectivity index (χ3n) is 4.51. The van der Waals surface area contributed by atoms with Crippen molar-refractivity contribution in [3.8, 4) is 0 Å². The lowest BCUT2D eigenvalue weighted by Gasteiger charge is -2.30. The van der Waals surface area contributed by atoms with Crippen molar-refractivity contribution in [3.05, 3.63) is 47.5 Å². The molecule has 3 rings (SSSR count). The fourth-order valence-electron chi connectivity index (χ4n) is 3.14. The van der Waals surface area contributed by atoms with Crippen molar-refractivity contribution in [1.82, 2.24) is 25.4 Å². The van der Waals surface area contributed by atoms with Crippen LogP contribution in [0.1, 0.15) is 36.0 Å². The zero-order valence-corrected chi connectivity index (χ0v) is 14.2. The Hall–Kier alpha value is -2.21. The van der Waals surface area contributed by atoms with Crippen LogP contribution in [0, 0.1) is 6.92 Å². The summed E-state index contributed by atoms with van der Waals surface area (Å²) >= 11 is 0. The van der Waals surface area contributed by atoms with Crippen LogP contribution in [-0.4, -0.2) is 52.2 Å². The molecule has 0 aliphatic carbocycles. The molecule has 0 bridgehead atoms. The van der Waals surface area contributed by atoms with Gasteiger partial charge in [0, 0.05) is 12.5 Å². The Morgan fingerprint density at radius 3 is 2.71 bits per heavy atom. The molecule has 0 spiro atoms. The molecule has 1 aliphatic heterocycles. The van der Waals surface area contributed by atoms with Crippen LogP contribution < -0.4 is 5.32 Å². The van der Waals surface area contributed by atoms with E-state index in [-0.39, 0.29) is 5.91 Å². The molecule has 1 fully saturated rings. The SMILES string of the molecule is Cc1nc(C2CCN(CC(=O)NCCc3ccccc3)CC2)n[nH]1. The number of carbonyl (C=O) groups is 1. The van der Waals surface area contributed by atoms with Crippen molar-refractivity contribution in [2.45, 2.75) is 32.1 Å². The van der Waals surface area contributed by atoms with Gasteiger partial charge in [-0.25, -0.2) is 4.98 Å². The summed E-state index contributed by atoms with van der Waals surface area (Å²) in [5.74, 6) is 2.30. The molecule has 0 radical (unpaired) electrons. The number of benzene rings is 1. The first-order chi connectivity index (χ1) is 11.7. The van der Waals surface area contributed by atoms with Gasteiger partial charge in [-0.05, 0) is 44.8 Å². The molecule has 1 amide bonds. The number of carbonyl (C=O) groups excluding carboxylic acids is 1. The van der Waals surface area contributed by atoms with Crippen molar-refractivity contribution in [2.75, 3.05) is 26.2 Å². The predicted octanol–water partition coefficient (Wildman–Crippen LogP) is 1.65. The van der Waals surface area contributed by atoms with Crippen LogP contribution in [0.15, 0.2) is 30.3 Å². The second kappa shape index (κ2) is 8.06. The van der Waals surface area contributed by atoms with E-state index < -0.39 is 0 Å². The molecule has 24 heavy (non-hydrogen) atoms.